The molecule has 18 heavy (non-hydrogen) atoms. The van der Waals surface area contributed by atoms with Gasteiger partial charge in [-0.05, 0) is 19.3 Å². The van der Waals surface area contributed by atoms with Gasteiger partial charge in [-0.25, -0.2) is 0 Å². The van der Waals surface area contributed by atoms with Crippen LogP contribution in [0.2, 0.25) is 0 Å². The molecule has 0 aliphatic heterocycles. The van der Waals surface area contributed by atoms with Crippen molar-refractivity contribution in [3.05, 3.63) is 0 Å². The Morgan fingerprint density at radius 3 is 2.50 bits per heavy atom. The number of nitrogens with two attached hydrogens (primary N) is 1. The molecule has 0 aromatic heterocycles. The molecule has 0 amide bonds. The van der Waals surface area contributed by atoms with Crippen molar-refractivity contribution in [2.45, 2.75) is 33.2 Å². The summed E-state index contributed by atoms with van der Waals surface area (Å²) in [6.07, 6.45) is 0.897. The van der Waals surface area contributed by atoms with Gasteiger partial charge in [0, 0.05) is 32.9 Å². The van der Waals surface area contributed by atoms with E-state index in [0.717, 1.165) is 19.6 Å². The second-order valence-electron chi connectivity index (χ2n) is 4.59. The maximum absolute atomic E-state index is 5.71. The van der Waals surface area contributed by atoms with E-state index in [-0.39, 0.29) is 30.0 Å². The van der Waals surface area contributed by atoms with E-state index in [4.69, 9.17) is 15.2 Å². The van der Waals surface area contributed by atoms with Crippen LogP contribution in [0.3, 0.4) is 0 Å². The first-order valence-corrected chi connectivity index (χ1v) is 6.19. The molecule has 1 unspecified atom stereocenters. The lowest BCUT2D eigenvalue weighted by Crippen LogP contribution is -2.40. The van der Waals surface area contributed by atoms with Crippen molar-refractivity contribution in [1.29, 1.82) is 0 Å². The standard InChI is InChI=1S/C12H27N3O2.HI/c1-10(2)8-17-7-5-6-14-12(13)15-11(3)9-16-4;/h10-11H,5-9H2,1-4H3,(H3,13,14,15);1H. The summed E-state index contributed by atoms with van der Waals surface area (Å²) in [5, 5.41) is 3.05. The number of nitrogens with one attached hydrogen (secondary N) is 1. The first-order chi connectivity index (χ1) is 8.06. The quantitative estimate of drug-likeness (QED) is 0.279. The first kappa shape index (κ1) is 20.2. The molecule has 0 fully saturated rings. The minimum absolute atomic E-state index is 0. The van der Waals surface area contributed by atoms with Gasteiger partial charge < -0.3 is 20.5 Å². The van der Waals surface area contributed by atoms with E-state index in [1.807, 2.05) is 6.92 Å². The second-order valence-corrected chi connectivity index (χ2v) is 4.59. The van der Waals surface area contributed by atoms with Crippen molar-refractivity contribution in [3.63, 3.8) is 0 Å². The molecule has 0 aliphatic carbocycles. The Balaban J connectivity index is 0. The number of guanidine groups is 1. The topological polar surface area (TPSA) is 68.9 Å². The predicted molar refractivity (Wildman–Crippen MR) is 86.7 cm³/mol. The van der Waals surface area contributed by atoms with Gasteiger partial charge in [0.25, 0.3) is 0 Å². The van der Waals surface area contributed by atoms with Gasteiger partial charge in [0.05, 0.1) is 6.61 Å². The Bertz CT molecular complexity index is 213. The zero-order valence-electron chi connectivity index (χ0n) is 11.9. The molecular formula is C12H28IN3O2. The Morgan fingerprint density at radius 1 is 1.28 bits per heavy atom. The minimum Gasteiger partial charge on any atom is -0.383 e. The zero-order valence-corrected chi connectivity index (χ0v) is 14.3. The first-order valence-electron chi connectivity index (χ1n) is 6.19. The largest absolute Gasteiger partial charge is 0.383 e. The van der Waals surface area contributed by atoms with Crippen LogP contribution in [0, 0.1) is 5.92 Å². The molecule has 0 saturated heterocycles. The van der Waals surface area contributed by atoms with Gasteiger partial charge >= 0.3 is 0 Å². The SMILES string of the molecule is COCC(C)NC(N)=NCCCOCC(C)C.I. The lowest BCUT2D eigenvalue weighted by atomic mass is 10.2. The molecule has 110 valence electrons. The smallest absolute Gasteiger partial charge is 0.188 e. The highest BCUT2D eigenvalue weighted by Crippen LogP contribution is 1.93. The van der Waals surface area contributed by atoms with Gasteiger partial charge in [0.1, 0.15) is 0 Å². The van der Waals surface area contributed by atoms with Crippen LogP contribution in [0.4, 0.5) is 0 Å². The molecule has 0 saturated carbocycles. The average molecular weight is 373 g/mol. The van der Waals surface area contributed by atoms with Crippen LogP contribution in [0.1, 0.15) is 27.2 Å². The van der Waals surface area contributed by atoms with Crippen molar-refractivity contribution in [3.8, 4) is 0 Å². The Labute approximate surface area is 128 Å². The summed E-state index contributed by atoms with van der Waals surface area (Å²) in [6.45, 7) is 9.13. The zero-order chi connectivity index (χ0) is 13.1. The van der Waals surface area contributed by atoms with Crippen LogP contribution in [0.15, 0.2) is 4.99 Å². The molecule has 0 aromatic rings. The molecule has 0 heterocycles. The van der Waals surface area contributed by atoms with Crippen LogP contribution in [-0.4, -0.2) is 45.5 Å². The van der Waals surface area contributed by atoms with Crippen LogP contribution in [-0.2, 0) is 9.47 Å². The van der Waals surface area contributed by atoms with E-state index in [2.05, 4.69) is 24.2 Å². The number of methoxy groups -OCH3 is 1. The molecule has 0 aliphatic rings. The van der Waals surface area contributed by atoms with Crippen LogP contribution in [0.5, 0.6) is 0 Å². The fraction of sp³-hybridized carbons (Fsp3) is 0.917. The third kappa shape index (κ3) is 14.0. The number of rotatable bonds is 9. The Morgan fingerprint density at radius 2 is 1.94 bits per heavy atom. The van der Waals surface area contributed by atoms with Gasteiger partial charge in [-0.1, -0.05) is 13.8 Å². The Kier molecular flexibility index (Phi) is 15.0. The van der Waals surface area contributed by atoms with E-state index in [9.17, 15) is 0 Å². The van der Waals surface area contributed by atoms with E-state index >= 15 is 0 Å². The summed E-state index contributed by atoms with van der Waals surface area (Å²) in [7, 11) is 1.66. The number of hydrogen-bond acceptors (Lipinski definition) is 3. The number of halogens is 1. The Hall–Kier alpha value is -0.0800. The second kappa shape index (κ2) is 13.4. The van der Waals surface area contributed by atoms with E-state index in [1.54, 1.807) is 7.11 Å². The molecule has 0 radical (unpaired) electrons. The number of aliphatic imine (C=N–C) groups is 1. The maximum atomic E-state index is 5.71. The van der Waals surface area contributed by atoms with E-state index in [0.29, 0.717) is 25.0 Å². The fourth-order valence-corrected chi connectivity index (χ4v) is 1.27. The fourth-order valence-electron chi connectivity index (χ4n) is 1.27. The summed E-state index contributed by atoms with van der Waals surface area (Å²) in [6, 6.07) is 0.181. The third-order valence-electron chi connectivity index (χ3n) is 1.99. The van der Waals surface area contributed by atoms with Gasteiger partial charge in [0.2, 0.25) is 0 Å². The van der Waals surface area contributed by atoms with Crippen molar-refractivity contribution in [2.24, 2.45) is 16.6 Å². The molecule has 0 rings (SSSR count). The molecule has 3 N–H and O–H groups in total. The highest BCUT2D eigenvalue weighted by Gasteiger charge is 2.00. The van der Waals surface area contributed by atoms with Gasteiger partial charge in [-0.2, -0.15) is 0 Å². The monoisotopic (exact) mass is 373 g/mol. The molecule has 5 nitrogen and oxygen atoms in total. The number of nitrogens with zero attached hydrogens (tertiary/aromatic N) is 1. The highest BCUT2D eigenvalue weighted by atomic mass is 127. The maximum Gasteiger partial charge on any atom is 0.188 e. The number of ether oxygens (including phenoxy) is 2. The van der Waals surface area contributed by atoms with Crippen LogP contribution >= 0.6 is 24.0 Å². The summed E-state index contributed by atoms with van der Waals surface area (Å²) < 4.78 is 10.4. The van der Waals surface area contributed by atoms with Crippen molar-refractivity contribution >= 4 is 29.9 Å². The van der Waals surface area contributed by atoms with Crippen molar-refractivity contribution in [1.82, 2.24) is 5.32 Å². The number of hydrogen-bond donors (Lipinski definition) is 2. The van der Waals surface area contributed by atoms with Gasteiger partial charge in [0.15, 0.2) is 5.96 Å². The van der Waals surface area contributed by atoms with Gasteiger partial charge in [-0.15, -0.1) is 24.0 Å². The summed E-state index contributed by atoms with van der Waals surface area (Å²) in [5.74, 6) is 1.05. The van der Waals surface area contributed by atoms with Crippen LogP contribution in [0.25, 0.3) is 0 Å². The normalized spacial score (nSPS) is 13.3. The lowest BCUT2D eigenvalue weighted by Gasteiger charge is -2.13. The molecule has 1 atom stereocenters. The van der Waals surface area contributed by atoms with Crippen molar-refractivity contribution in [2.75, 3.05) is 33.5 Å². The molecule has 6 heteroatoms. The van der Waals surface area contributed by atoms with E-state index in [1.165, 1.54) is 0 Å². The molecule has 0 aromatic carbocycles. The summed E-state index contributed by atoms with van der Waals surface area (Å²) >= 11 is 0. The third-order valence-corrected chi connectivity index (χ3v) is 1.99. The molecular weight excluding hydrogens is 345 g/mol. The predicted octanol–water partition coefficient (Wildman–Crippen LogP) is 1.61. The van der Waals surface area contributed by atoms with E-state index < -0.39 is 0 Å². The van der Waals surface area contributed by atoms with Crippen molar-refractivity contribution < 1.29 is 9.47 Å². The molecule has 0 bridgehead atoms. The minimum atomic E-state index is 0. The average Bonchev–Trinajstić information content (AvgIpc) is 2.23. The van der Waals surface area contributed by atoms with Gasteiger partial charge in [-0.3, -0.25) is 4.99 Å². The molecule has 0 spiro atoms. The summed E-state index contributed by atoms with van der Waals surface area (Å²) in [5.41, 5.74) is 5.71. The lowest BCUT2D eigenvalue weighted by molar-refractivity contribution is 0.109. The summed E-state index contributed by atoms with van der Waals surface area (Å²) in [4.78, 5) is 4.21. The van der Waals surface area contributed by atoms with Crippen LogP contribution < -0.4 is 11.1 Å². The highest BCUT2D eigenvalue weighted by molar-refractivity contribution is 14.0.